The van der Waals surface area contributed by atoms with Crippen LogP contribution in [-0.2, 0) is 26.2 Å². The first-order valence-corrected chi connectivity index (χ1v) is 13.5. The van der Waals surface area contributed by atoms with Gasteiger partial charge in [0.1, 0.15) is 12.6 Å². The van der Waals surface area contributed by atoms with Crippen molar-refractivity contribution in [1.82, 2.24) is 10.2 Å². The van der Waals surface area contributed by atoms with Gasteiger partial charge < -0.3 is 10.2 Å². The minimum atomic E-state index is -3.77. The zero-order valence-corrected chi connectivity index (χ0v) is 22.3. The zero-order valence-electron chi connectivity index (χ0n) is 20.0. The maximum atomic E-state index is 13.5. The molecular weight excluding hydrogens is 497 g/mol. The van der Waals surface area contributed by atoms with Gasteiger partial charge in [-0.05, 0) is 57.0 Å². The van der Waals surface area contributed by atoms with Gasteiger partial charge in [-0.3, -0.25) is 13.9 Å². The minimum Gasteiger partial charge on any atom is -0.352 e. The summed E-state index contributed by atoms with van der Waals surface area (Å²) in [5, 5.41) is 3.66. The molecule has 2 aromatic rings. The van der Waals surface area contributed by atoms with Crippen LogP contribution < -0.4 is 9.62 Å². The van der Waals surface area contributed by atoms with E-state index in [-0.39, 0.29) is 18.5 Å². The Labute approximate surface area is 212 Å². The average molecular weight is 529 g/mol. The first-order valence-electron chi connectivity index (χ1n) is 10.9. The maximum absolute atomic E-state index is 13.5. The number of nitrogens with zero attached hydrogens (tertiary/aromatic N) is 2. The Balaban J connectivity index is 2.41. The van der Waals surface area contributed by atoms with Crippen molar-refractivity contribution in [1.29, 1.82) is 0 Å². The molecule has 2 aromatic carbocycles. The zero-order chi connectivity index (χ0) is 25.6. The van der Waals surface area contributed by atoms with E-state index in [0.717, 1.165) is 22.5 Å². The van der Waals surface area contributed by atoms with Crippen molar-refractivity contribution < 1.29 is 18.0 Å². The van der Waals surface area contributed by atoms with Crippen molar-refractivity contribution in [3.8, 4) is 0 Å². The average Bonchev–Trinajstić information content (AvgIpc) is 2.76. The third kappa shape index (κ3) is 7.61. The van der Waals surface area contributed by atoms with Crippen molar-refractivity contribution in [2.45, 2.75) is 52.7 Å². The molecule has 0 aliphatic carbocycles. The number of anilines is 1. The third-order valence-corrected chi connectivity index (χ3v) is 7.25. The van der Waals surface area contributed by atoms with Crippen LogP contribution in [0.3, 0.4) is 0 Å². The second-order valence-electron chi connectivity index (χ2n) is 8.36. The molecule has 0 saturated carbocycles. The fraction of sp³-hybridized carbons (Fsp3) is 0.417. The van der Waals surface area contributed by atoms with Gasteiger partial charge >= 0.3 is 0 Å². The Kier molecular flexibility index (Phi) is 9.79. The normalized spacial score (nSPS) is 13.1. The summed E-state index contributed by atoms with van der Waals surface area (Å²) in [6, 6.07) is 10.8. The lowest BCUT2D eigenvalue weighted by Gasteiger charge is -2.32. The Hall–Kier alpha value is -2.29. The molecule has 2 unspecified atom stereocenters. The molecule has 2 amide bonds. The van der Waals surface area contributed by atoms with Crippen LogP contribution >= 0.6 is 23.2 Å². The molecule has 0 fully saturated rings. The molecule has 0 saturated heterocycles. The summed E-state index contributed by atoms with van der Waals surface area (Å²) in [5.74, 6) is -0.877. The first-order chi connectivity index (χ1) is 15.8. The molecule has 0 spiro atoms. The van der Waals surface area contributed by atoms with E-state index in [2.05, 4.69) is 5.32 Å². The number of amides is 2. The Morgan fingerprint density at radius 1 is 1.06 bits per heavy atom. The second-order valence-corrected chi connectivity index (χ2v) is 11.1. The summed E-state index contributed by atoms with van der Waals surface area (Å²) in [6.07, 6.45) is 1.77. The Bertz CT molecular complexity index is 1120. The molecule has 0 heterocycles. The second kappa shape index (κ2) is 11.9. The van der Waals surface area contributed by atoms with Gasteiger partial charge in [-0.2, -0.15) is 0 Å². The molecule has 7 nitrogen and oxygen atoms in total. The number of carbonyl (C=O) groups excluding carboxylic acids is 2. The van der Waals surface area contributed by atoms with Gasteiger partial charge in [0.25, 0.3) is 0 Å². The molecular formula is C24H31Cl2N3O4S. The summed E-state index contributed by atoms with van der Waals surface area (Å²) >= 11 is 12.3. The molecule has 10 heteroatoms. The third-order valence-electron chi connectivity index (χ3n) is 5.53. The van der Waals surface area contributed by atoms with Crippen LogP contribution in [0.1, 0.15) is 38.3 Å². The first kappa shape index (κ1) is 28.0. The van der Waals surface area contributed by atoms with Crippen molar-refractivity contribution in [3.63, 3.8) is 0 Å². The number of hydrogen-bond acceptors (Lipinski definition) is 4. The highest BCUT2D eigenvalue weighted by Gasteiger charge is 2.30. The van der Waals surface area contributed by atoms with Crippen LogP contribution in [0.5, 0.6) is 0 Å². The molecule has 0 aromatic heterocycles. The van der Waals surface area contributed by atoms with Gasteiger partial charge in [0, 0.05) is 22.6 Å². The lowest BCUT2D eigenvalue weighted by molar-refractivity contribution is -0.139. The van der Waals surface area contributed by atoms with Gasteiger partial charge in [0.05, 0.1) is 11.9 Å². The van der Waals surface area contributed by atoms with Crippen LogP contribution in [0.15, 0.2) is 42.5 Å². The van der Waals surface area contributed by atoms with Crippen molar-refractivity contribution in [3.05, 3.63) is 63.6 Å². The highest BCUT2D eigenvalue weighted by atomic mass is 35.5. The Morgan fingerprint density at radius 2 is 1.68 bits per heavy atom. The largest absolute Gasteiger partial charge is 0.352 e. The van der Waals surface area contributed by atoms with Crippen molar-refractivity contribution in [2.75, 3.05) is 17.1 Å². The highest BCUT2D eigenvalue weighted by Crippen LogP contribution is 2.24. The number of nitrogens with one attached hydrogen (secondary N) is 1. The predicted molar refractivity (Wildman–Crippen MR) is 138 cm³/mol. The van der Waals surface area contributed by atoms with Crippen molar-refractivity contribution >= 4 is 50.7 Å². The predicted octanol–water partition coefficient (Wildman–Crippen LogP) is 4.40. The van der Waals surface area contributed by atoms with E-state index in [4.69, 9.17) is 23.2 Å². The summed E-state index contributed by atoms with van der Waals surface area (Å²) in [6.45, 7) is 6.85. The molecule has 186 valence electrons. The molecule has 34 heavy (non-hydrogen) atoms. The molecule has 2 rings (SSSR count). The number of rotatable bonds is 10. The monoisotopic (exact) mass is 527 g/mol. The Morgan fingerprint density at radius 3 is 2.21 bits per heavy atom. The summed E-state index contributed by atoms with van der Waals surface area (Å²) in [5.41, 5.74) is 1.91. The van der Waals surface area contributed by atoms with Gasteiger partial charge in [-0.1, -0.05) is 53.9 Å². The fourth-order valence-corrected chi connectivity index (χ4v) is 4.52. The van der Waals surface area contributed by atoms with Crippen LogP contribution in [0.2, 0.25) is 10.0 Å². The highest BCUT2D eigenvalue weighted by molar-refractivity contribution is 7.92. The van der Waals surface area contributed by atoms with Gasteiger partial charge in [0.15, 0.2) is 0 Å². The number of sulfonamides is 1. The van der Waals surface area contributed by atoms with Crippen LogP contribution in [0, 0.1) is 6.92 Å². The molecule has 2 atom stereocenters. The molecule has 1 N–H and O–H groups in total. The van der Waals surface area contributed by atoms with Gasteiger partial charge in [-0.25, -0.2) is 8.42 Å². The van der Waals surface area contributed by atoms with Crippen LogP contribution in [-0.4, -0.2) is 50.0 Å². The quantitative estimate of drug-likeness (QED) is 0.495. The maximum Gasteiger partial charge on any atom is 0.244 e. The van der Waals surface area contributed by atoms with Gasteiger partial charge in [0.2, 0.25) is 21.8 Å². The lowest BCUT2D eigenvalue weighted by atomic mass is 10.1. The molecule has 0 aliphatic heterocycles. The van der Waals surface area contributed by atoms with E-state index in [1.165, 1.54) is 4.90 Å². The van der Waals surface area contributed by atoms with E-state index >= 15 is 0 Å². The summed E-state index contributed by atoms with van der Waals surface area (Å²) < 4.78 is 26.1. The van der Waals surface area contributed by atoms with Crippen molar-refractivity contribution in [2.24, 2.45) is 0 Å². The topological polar surface area (TPSA) is 86.8 Å². The van der Waals surface area contributed by atoms with Crippen LogP contribution in [0.25, 0.3) is 0 Å². The number of benzene rings is 2. The number of aryl methyl sites for hydroxylation is 1. The van der Waals surface area contributed by atoms with Gasteiger partial charge in [-0.15, -0.1) is 0 Å². The smallest absolute Gasteiger partial charge is 0.244 e. The van der Waals surface area contributed by atoms with E-state index < -0.39 is 28.5 Å². The lowest BCUT2D eigenvalue weighted by Crippen LogP contribution is -2.52. The van der Waals surface area contributed by atoms with E-state index in [1.807, 2.05) is 20.8 Å². The van der Waals surface area contributed by atoms with E-state index in [0.29, 0.717) is 21.3 Å². The number of carbonyl (C=O) groups is 2. The molecule has 0 aliphatic rings. The summed E-state index contributed by atoms with van der Waals surface area (Å²) in [7, 11) is -3.77. The minimum absolute atomic E-state index is 0.00935. The number of halogens is 2. The standard InChI is InChI=1S/C24H31Cl2N3O4S/c1-6-17(3)27-24(31)18(4)28(14-19-9-10-20(25)13-22(19)26)23(30)15-29(34(5,32)33)21-11-7-16(2)8-12-21/h7-13,17-18H,6,14-15H2,1-5H3,(H,27,31). The van der Waals surface area contributed by atoms with E-state index in [1.54, 1.807) is 49.4 Å². The summed E-state index contributed by atoms with van der Waals surface area (Å²) in [4.78, 5) is 27.7. The fourth-order valence-electron chi connectivity index (χ4n) is 3.21. The molecule has 0 radical (unpaired) electrons. The number of hydrogen-bond donors (Lipinski definition) is 1. The SMILES string of the molecule is CCC(C)NC(=O)C(C)N(Cc1ccc(Cl)cc1Cl)C(=O)CN(c1ccc(C)cc1)S(C)(=O)=O. The molecule has 0 bridgehead atoms. The van der Waals surface area contributed by atoms with E-state index in [9.17, 15) is 18.0 Å². The van der Waals surface area contributed by atoms with Crippen LogP contribution in [0.4, 0.5) is 5.69 Å².